The lowest BCUT2D eigenvalue weighted by Gasteiger charge is -2.40. The molecule has 0 aromatic carbocycles. The van der Waals surface area contributed by atoms with Crippen LogP contribution in [0.15, 0.2) is 12.4 Å². The van der Waals surface area contributed by atoms with E-state index in [-0.39, 0.29) is 6.61 Å². The molecule has 0 radical (unpaired) electrons. The van der Waals surface area contributed by atoms with Crippen LogP contribution in [0.3, 0.4) is 0 Å². The number of likely N-dealkylation sites (N-methyl/N-ethyl adjacent to an activating group) is 1. The van der Waals surface area contributed by atoms with Gasteiger partial charge < -0.3 is 19.8 Å². The molecular formula is C21H36N6O. The van der Waals surface area contributed by atoms with Gasteiger partial charge in [0, 0.05) is 64.5 Å². The Kier molecular flexibility index (Phi) is 6.65. The topological polar surface area (TPSA) is 59.0 Å². The van der Waals surface area contributed by atoms with Crippen LogP contribution in [0.4, 0.5) is 11.6 Å². The summed E-state index contributed by atoms with van der Waals surface area (Å²) < 4.78 is 0. The van der Waals surface area contributed by atoms with Gasteiger partial charge in [-0.05, 0) is 45.2 Å². The second-order valence-electron chi connectivity index (χ2n) is 8.79. The normalized spacial score (nSPS) is 27.9. The third-order valence-electron chi connectivity index (χ3n) is 6.83. The van der Waals surface area contributed by atoms with Crippen LogP contribution in [0.5, 0.6) is 0 Å². The molecule has 7 nitrogen and oxygen atoms in total. The summed E-state index contributed by atoms with van der Waals surface area (Å²) in [5, 5.41) is 9.50. The highest BCUT2D eigenvalue weighted by Gasteiger charge is 2.25. The van der Waals surface area contributed by atoms with Crippen molar-refractivity contribution in [1.29, 1.82) is 0 Å². The van der Waals surface area contributed by atoms with Gasteiger partial charge >= 0.3 is 0 Å². The predicted octanol–water partition coefficient (Wildman–Crippen LogP) is 1.29. The first kappa shape index (κ1) is 19.9. The van der Waals surface area contributed by atoms with Gasteiger partial charge in [-0.25, -0.2) is 9.97 Å². The minimum atomic E-state index is 0.270. The highest BCUT2D eigenvalue weighted by molar-refractivity contribution is 5.50. The van der Waals surface area contributed by atoms with Crippen molar-refractivity contribution in [3.63, 3.8) is 0 Å². The van der Waals surface area contributed by atoms with Crippen LogP contribution in [0.1, 0.15) is 32.1 Å². The summed E-state index contributed by atoms with van der Waals surface area (Å²) >= 11 is 0. The van der Waals surface area contributed by atoms with Gasteiger partial charge in [0.25, 0.3) is 0 Å². The molecule has 0 aliphatic carbocycles. The SMILES string of the molecule is CN1CCCC[C@@H]1CN1CCN(c2cc(N3CCC[C@@H](CO)C3)ncn2)CC1. The number of aliphatic hydroxyl groups excluding tert-OH is 1. The fourth-order valence-corrected chi connectivity index (χ4v) is 4.94. The van der Waals surface area contributed by atoms with Crippen LogP contribution in [0, 0.1) is 5.92 Å². The monoisotopic (exact) mass is 388 g/mol. The molecule has 7 heteroatoms. The number of aliphatic hydroxyl groups is 1. The highest BCUT2D eigenvalue weighted by atomic mass is 16.3. The number of hydrogen-bond acceptors (Lipinski definition) is 7. The molecule has 3 fully saturated rings. The fourth-order valence-electron chi connectivity index (χ4n) is 4.94. The van der Waals surface area contributed by atoms with Crippen molar-refractivity contribution < 1.29 is 5.11 Å². The first-order valence-corrected chi connectivity index (χ1v) is 11.1. The minimum absolute atomic E-state index is 0.270. The summed E-state index contributed by atoms with van der Waals surface area (Å²) in [5.41, 5.74) is 0. The number of piperidine rings is 2. The van der Waals surface area contributed by atoms with E-state index in [9.17, 15) is 5.11 Å². The lowest BCUT2D eigenvalue weighted by atomic mass is 9.99. The van der Waals surface area contributed by atoms with E-state index in [4.69, 9.17) is 0 Å². The molecule has 0 unspecified atom stereocenters. The molecule has 2 atom stereocenters. The molecule has 4 rings (SSSR count). The molecule has 0 bridgehead atoms. The molecule has 156 valence electrons. The molecule has 3 saturated heterocycles. The minimum Gasteiger partial charge on any atom is -0.396 e. The molecule has 1 N–H and O–H groups in total. The Bertz CT molecular complexity index is 621. The van der Waals surface area contributed by atoms with E-state index in [0.717, 1.165) is 69.8 Å². The number of aromatic nitrogens is 2. The maximum Gasteiger partial charge on any atom is 0.134 e. The van der Waals surface area contributed by atoms with Crippen LogP contribution in [-0.2, 0) is 0 Å². The van der Waals surface area contributed by atoms with Crippen LogP contribution >= 0.6 is 0 Å². The molecule has 3 aliphatic heterocycles. The Morgan fingerprint density at radius 2 is 1.71 bits per heavy atom. The summed E-state index contributed by atoms with van der Waals surface area (Å²) in [6, 6.07) is 2.87. The zero-order chi connectivity index (χ0) is 19.3. The average molecular weight is 389 g/mol. The zero-order valence-corrected chi connectivity index (χ0v) is 17.3. The van der Waals surface area contributed by atoms with E-state index < -0.39 is 0 Å². The molecule has 0 saturated carbocycles. The third kappa shape index (κ3) is 4.75. The van der Waals surface area contributed by atoms with Gasteiger partial charge in [-0.15, -0.1) is 0 Å². The lowest BCUT2D eigenvalue weighted by Crippen LogP contribution is -2.52. The van der Waals surface area contributed by atoms with Crippen molar-refractivity contribution in [1.82, 2.24) is 19.8 Å². The predicted molar refractivity (Wildman–Crippen MR) is 113 cm³/mol. The number of nitrogens with zero attached hydrogens (tertiary/aromatic N) is 6. The van der Waals surface area contributed by atoms with E-state index >= 15 is 0 Å². The molecule has 28 heavy (non-hydrogen) atoms. The summed E-state index contributed by atoms with van der Waals surface area (Å²) in [6.07, 6.45) is 8.02. The van der Waals surface area contributed by atoms with Gasteiger partial charge in [-0.1, -0.05) is 6.42 Å². The standard InChI is InChI=1S/C21H36N6O/c1-24-7-3-2-6-19(24)15-25-9-11-26(12-10-25)20-13-21(23-17-22-20)27-8-4-5-18(14-27)16-28/h13,17-19,28H,2-12,14-16H2,1H3/t18-,19-/m1/s1. The van der Waals surface area contributed by atoms with Crippen LogP contribution in [-0.4, -0.2) is 96.9 Å². The van der Waals surface area contributed by atoms with E-state index in [2.05, 4.69) is 42.7 Å². The van der Waals surface area contributed by atoms with Crippen molar-refractivity contribution >= 4 is 11.6 Å². The summed E-state index contributed by atoms with van der Waals surface area (Å²) in [4.78, 5) is 19.0. The number of rotatable bonds is 5. The summed E-state index contributed by atoms with van der Waals surface area (Å²) in [7, 11) is 2.28. The maximum atomic E-state index is 9.50. The molecule has 4 heterocycles. The van der Waals surface area contributed by atoms with Gasteiger partial charge in [0.05, 0.1) is 0 Å². The van der Waals surface area contributed by atoms with Crippen molar-refractivity contribution in [3.8, 4) is 0 Å². The molecule has 3 aliphatic rings. The van der Waals surface area contributed by atoms with Crippen LogP contribution in [0.25, 0.3) is 0 Å². The highest BCUT2D eigenvalue weighted by Crippen LogP contribution is 2.24. The second-order valence-corrected chi connectivity index (χ2v) is 8.79. The Hall–Kier alpha value is -1.44. The number of hydrogen-bond donors (Lipinski definition) is 1. The molecule has 0 spiro atoms. The summed E-state index contributed by atoms with van der Waals surface area (Å²) in [6.45, 7) is 8.94. The second kappa shape index (κ2) is 9.37. The Morgan fingerprint density at radius 3 is 2.46 bits per heavy atom. The number of likely N-dealkylation sites (tertiary alicyclic amines) is 1. The molecular weight excluding hydrogens is 352 g/mol. The van der Waals surface area contributed by atoms with Crippen molar-refractivity contribution in [2.45, 2.75) is 38.1 Å². The number of piperazine rings is 1. The van der Waals surface area contributed by atoms with Gasteiger partial charge in [0.2, 0.25) is 0 Å². The zero-order valence-electron chi connectivity index (χ0n) is 17.3. The van der Waals surface area contributed by atoms with E-state index in [1.54, 1.807) is 6.33 Å². The number of anilines is 2. The Labute approximate surface area is 169 Å². The van der Waals surface area contributed by atoms with Crippen LogP contribution in [0.2, 0.25) is 0 Å². The molecule has 0 amide bonds. The third-order valence-corrected chi connectivity index (χ3v) is 6.83. The molecule has 1 aromatic rings. The van der Waals surface area contributed by atoms with Gasteiger partial charge in [-0.3, -0.25) is 4.90 Å². The average Bonchev–Trinajstić information content (AvgIpc) is 2.76. The van der Waals surface area contributed by atoms with E-state index in [0.29, 0.717) is 5.92 Å². The van der Waals surface area contributed by atoms with Crippen LogP contribution < -0.4 is 9.80 Å². The first-order chi connectivity index (χ1) is 13.7. The fraction of sp³-hybridized carbons (Fsp3) is 0.810. The van der Waals surface area contributed by atoms with Gasteiger partial charge in [-0.2, -0.15) is 0 Å². The Morgan fingerprint density at radius 1 is 0.929 bits per heavy atom. The van der Waals surface area contributed by atoms with Crippen molar-refractivity contribution in [2.24, 2.45) is 5.92 Å². The van der Waals surface area contributed by atoms with E-state index in [1.807, 2.05) is 0 Å². The van der Waals surface area contributed by atoms with Gasteiger partial charge in [0.1, 0.15) is 18.0 Å². The Balaban J connectivity index is 1.32. The van der Waals surface area contributed by atoms with Gasteiger partial charge in [0.15, 0.2) is 0 Å². The first-order valence-electron chi connectivity index (χ1n) is 11.1. The van der Waals surface area contributed by atoms with Crippen molar-refractivity contribution in [2.75, 3.05) is 75.8 Å². The lowest BCUT2D eigenvalue weighted by molar-refractivity contribution is 0.124. The largest absolute Gasteiger partial charge is 0.396 e. The van der Waals surface area contributed by atoms with Crippen molar-refractivity contribution in [3.05, 3.63) is 12.4 Å². The maximum absolute atomic E-state index is 9.50. The summed E-state index contributed by atoms with van der Waals surface area (Å²) in [5.74, 6) is 2.42. The van der Waals surface area contributed by atoms with E-state index in [1.165, 1.54) is 32.4 Å². The molecule has 1 aromatic heterocycles. The smallest absolute Gasteiger partial charge is 0.134 e. The quantitative estimate of drug-likeness (QED) is 0.816.